The lowest BCUT2D eigenvalue weighted by Crippen LogP contribution is -2.59. The normalized spacial score (nSPS) is 26.6. The number of halogens is 8. The Morgan fingerprint density at radius 1 is 1.03 bits per heavy atom. The Hall–Kier alpha value is -0.900. The number of hydrogen-bond acceptors (Lipinski definition) is 7. The SMILES string of the molecule is O=C(OC(CC(O)(C(F)(F)F)C(F)(F)F)C1CC2CCC1C2)C(F)(F)SOOO. The topological polar surface area (TPSA) is 85.2 Å². The second-order valence-electron chi connectivity index (χ2n) is 7.09. The summed E-state index contributed by atoms with van der Waals surface area (Å²) in [6.07, 6.45) is -15.3. The Balaban J connectivity index is 2.29. The Morgan fingerprint density at radius 2 is 1.62 bits per heavy atom. The van der Waals surface area contributed by atoms with Crippen LogP contribution in [0, 0.1) is 17.8 Å². The van der Waals surface area contributed by atoms with Crippen LogP contribution in [-0.4, -0.2) is 45.6 Å². The van der Waals surface area contributed by atoms with Gasteiger partial charge in [-0.25, -0.2) is 10.1 Å². The average molecular weight is 464 g/mol. The van der Waals surface area contributed by atoms with Crippen molar-refractivity contribution in [3.8, 4) is 0 Å². The summed E-state index contributed by atoms with van der Waals surface area (Å²) in [4.78, 5) is 11.7. The number of esters is 1. The number of ether oxygens (including phenoxy) is 1. The van der Waals surface area contributed by atoms with E-state index in [1.807, 2.05) is 0 Å². The Morgan fingerprint density at radius 3 is 2.03 bits per heavy atom. The average Bonchev–Trinajstić information content (AvgIpc) is 3.20. The molecule has 0 heterocycles. The molecule has 170 valence electrons. The van der Waals surface area contributed by atoms with E-state index in [9.17, 15) is 45.0 Å². The maximum atomic E-state index is 13.6. The molecular weight excluding hydrogens is 448 g/mol. The van der Waals surface area contributed by atoms with Crippen molar-refractivity contribution in [3.63, 3.8) is 0 Å². The van der Waals surface area contributed by atoms with Gasteiger partial charge in [-0.1, -0.05) is 11.5 Å². The van der Waals surface area contributed by atoms with Crippen molar-refractivity contribution >= 4 is 18.0 Å². The lowest BCUT2D eigenvalue weighted by atomic mass is 9.79. The monoisotopic (exact) mass is 464 g/mol. The first-order valence-corrected chi connectivity index (χ1v) is 8.97. The van der Waals surface area contributed by atoms with Crippen molar-refractivity contribution in [2.75, 3.05) is 0 Å². The van der Waals surface area contributed by atoms with Crippen LogP contribution in [0.25, 0.3) is 0 Å². The van der Waals surface area contributed by atoms with Gasteiger partial charge in [-0.2, -0.15) is 35.1 Å². The molecule has 2 N–H and O–H groups in total. The first-order valence-electron chi connectivity index (χ1n) is 8.23. The van der Waals surface area contributed by atoms with Crippen LogP contribution in [0.4, 0.5) is 35.1 Å². The summed E-state index contributed by atoms with van der Waals surface area (Å²) >= 11 is -1.07. The van der Waals surface area contributed by atoms with E-state index >= 15 is 0 Å². The van der Waals surface area contributed by atoms with E-state index < -0.39 is 65.6 Å². The number of aliphatic hydroxyl groups is 1. The number of rotatable bonds is 8. The number of carbonyl (C=O) groups is 1. The van der Waals surface area contributed by atoms with Crippen LogP contribution in [0.1, 0.15) is 32.1 Å². The van der Waals surface area contributed by atoms with Crippen LogP contribution in [0.3, 0.4) is 0 Å². The number of fused-ring (bicyclic) bond motifs is 2. The van der Waals surface area contributed by atoms with Crippen molar-refractivity contribution in [1.29, 1.82) is 0 Å². The molecule has 0 radical (unpaired) electrons. The predicted octanol–water partition coefficient (Wildman–Crippen LogP) is 4.24. The second-order valence-corrected chi connectivity index (χ2v) is 7.90. The van der Waals surface area contributed by atoms with Gasteiger partial charge < -0.3 is 9.84 Å². The minimum Gasteiger partial charge on any atom is -0.457 e. The zero-order valence-electron chi connectivity index (χ0n) is 14.3. The fraction of sp³-hybridized carbons (Fsp3) is 0.929. The van der Waals surface area contributed by atoms with E-state index in [0.29, 0.717) is 19.3 Å². The first kappa shape index (κ1) is 24.4. The molecule has 2 bridgehead atoms. The van der Waals surface area contributed by atoms with Crippen LogP contribution in [-0.2, 0) is 18.9 Å². The van der Waals surface area contributed by atoms with Crippen molar-refractivity contribution in [2.24, 2.45) is 17.8 Å². The van der Waals surface area contributed by atoms with Gasteiger partial charge in [-0.3, -0.25) is 0 Å². The second kappa shape index (κ2) is 8.32. The molecule has 0 aromatic rings. The first-order chi connectivity index (χ1) is 13.1. The molecule has 0 aromatic carbocycles. The van der Waals surface area contributed by atoms with Gasteiger partial charge in [0.2, 0.25) is 0 Å². The number of hydrogen-bond donors (Lipinski definition) is 2. The summed E-state index contributed by atoms with van der Waals surface area (Å²) in [6.45, 7) is 0. The van der Waals surface area contributed by atoms with Crippen molar-refractivity contribution < 1.29 is 64.4 Å². The molecule has 2 saturated carbocycles. The highest BCUT2D eigenvalue weighted by atomic mass is 32.2. The molecule has 6 nitrogen and oxygen atoms in total. The molecule has 4 atom stereocenters. The molecule has 0 amide bonds. The minimum atomic E-state index is -6.20. The highest BCUT2D eigenvalue weighted by Crippen LogP contribution is 2.54. The number of carbonyl (C=O) groups excluding carboxylic acids is 1. The Labute approximate surface area is 162 Å². The number of alkyl halides is 8. The van der Waals surface area contributed by atoms with Gasteiger partial charge in [-0.05, 0) is 37.0 Å². The standard InChI is InChI=1S/C14H16F8O6S/c15-12(16,29-28-27-25)10(23)26-9(8-4-6-1-2-7(8)3-6)5-11(24,13(17,18)19)14(20,21)22/h6-9,24-25H,1-5H2. The van der Waals surface area contributed by atoms with Gasteiger partial charge in [0.05, 0.1) is 0 Å². The van der Waals surface area contributed by atoms with Crippen LogP contribution in [0.5, 0.6) is 0 Å². The van der Waals surface area contributed by atoms with Gasteiger partial charge >= 0.3 is 23.6 Å². The third kappa shape index (κ3) is 5.06. The summed E-state index contributed by atoms with van der Waals surface area (Å²) < 4.78 is 113. The molecular formula is C14H16F8O6S. The predicted molar refractivity (Wildman–Crippen MR) is 77.8 cm³/mol. The maximum Gasteiger partial charge on any atom is 0.426 e. The van der Waals surface area contributed by atoms with Gasteiger partial charge in [0, 0.05) is 6.42 Å². The smallest absolute Gasteiger partial charge is 0.426 e. The lowest BCUT2D eigenvalue weighted by molar-refractivity contribution is -0.433. The lowest BCUT2D eigenvalue weighted by Gasteiger charge is -2.38. The molecule has 2 aliphatic carbocycles. The third-order valence-electron chi connectivity index (χ3n) is 5.37. The molecule has 15 heteroatoms. The molecule has 2 rings (SSSR count). The fourth-order valence-corrected chi connectivity index (χ4v) is 4.24. The zero-order chi connectivity index (χ0) is 22.3. The molecule has 0 aliphatic heterocycles. The quantitative estimate of drug-likeness (QED) is 0.183. The summed E-state index contributed by atoms with van der Waals surface area (Å²) in [6, 6.07) is 0. The molecule has 4 unspecified atom stereocenters. The van der Waals surface area contributed by atoms with Gasteiger partial charge in [0.15, 0.2) is 0 Å². The van der Waals surface area contributed by atoms with Gasteiger partial charge in [0.25, 0.3) is 5.60 Å². The summed E-state index contributed by atoms with van der Waals surface area (Å²) in [5, 5.41) is 15.6. The molecule has 0 aromatic heterocycles. The van der Waals surface area contributed by atoms with Gasteiger partial charge in [-0.15, -0.1) is 4.33 Å². The minimum absolute atomic E-state index is 0.0444. The summed E-state index contributed by atoms with van der Waals surface area (Å²) in [5.74, 6) is -4.04. The Bertz CT molecular complexity index is 584. The third-order valence-corrected chi connectivity index (χ3v) is 5.87. The van der Waals surface area contributed by atoms with Crippen LogP contribution < -0.4 is 0 Å². The van der Waals surface area contributed by atoms with Crippen molar-refractivity contribution in [3.05, 3.63) is 0 Å². The molecule has 2 aliphatic rings. The highest BCUT2D eigenvalue weighted by molar-refractivity contribution is 7.96. The van der Waals surface area contributed by atoms with Crippen molar-refractivity contribution in [1.82, 2.24) is 0 Å². The zero-order valence-corrected chi connectivity index (χ0v) is 15.1. The van der Waals surface area contributed by atoms with Crippen LogP contribution >= 0.6 is 12.0 Å². The van der Waals surface area contributed by atoms with Crippen LogP contribution in [0.15, 0.2) is 0 Å². The van der Waals surface area contributed by atoms with Crippen LogP contribution in [0.2, 0.25) is 0 Å². The molecule has 0 spiro atoms. The fourth-order valence-electron chi connectivity index (χ4n) is 4.01. The van der Waals surface area contributed by atoms with E-state index in [0.717, 1.165) is 0 Å². The van der Waals surface area contributed by atoms with E-state index in [2.05, 4.69) is 14.1 Å². The van der Waals surface area contributed by atoms with E-state index in [-0.39, 0.29) is 12.3 Å². The summed E-state index contributed by atoms with van der Waals surface area (Å²) in [5.41, 5.74) is -5.26. The van der Waals surface area contributed by atoms with E-state index in [4.69, 9.17) is 5.26 Å². The molecule has 2 fully saturated rings. The molecule has 29 heavy (non-hydrogen) atoms. The highest BCUT2D eigenvalue weighted by Gasteiger charge is 2.71. The van der Waals surface area contributed by atoms with Gasteiger partial charge in [0.1, 0.15) is 18.1 Å². The molecule has 0 saturated heterocycles. The van der Waals surface area contributed by atoms with Crippen molar-refractivity contribution in [2.45, 2.75) is 61.4 Å². The Kier molecular flexibility index (Phi) is 6.99. The van der Waals surface area contributed by atoms with E-state index in [1.165, 1.54) is 0 Å². The maximum absolute atomic E-state index is 13.6. The summed E-state index contributed by atoms with van der Waals surface area (Å²) in [7, 11) is 0. The van der Waals surface area contributed by atoms with E-state index in [1.54, 1.807) is 0 Å². The largest absolute Gasteiger partial charge is 0.457 e.